The minimum absolute atomic E-state index is 0.170. The van der Waals surface area contributed by atoms with Gasteiger partial charge in [-0.2, -0.15) is 0 Å². The molecule has 0 spiro atoms. The molecule has 3 aromatic rings. The molecule has 4 rings (SSSR count). The molecule has 2 atom stereocenters. The summed E-state index contributed by atoms with van der Waals surface area (Å²) < 4.78 is 37.4. The van der Waals surface area contributed by atoms with Crippen molar-refractivity contribution in [3.8, 4) is 0 Å². The Balaban J connectivity index is 1.53. The Morgan fingerprint density at radius 1 is 1.07 bits per heavy atom. The monoisotopic (exact) mass is 648 g/mol. The molecule has 1 amide bonds. The van der Waals surface area contributed by atoms with Gasteiger partial charge in [0.15, 0.2) is 0 Å². The van der Waals surface area contributed by atoms with Gasteiger partial charge in [-0.15, -0.1) is 10.8 Å². The molecular formula is C30H38BrFN4O4S. The zero-order chi connectivity index (χ0) is 29.4. The van der Waals surface area contributed by atoms with Crippen molar-refractivity contribution in [2.45, 2.75) is 44.9 Å². The first kappa shape index (κ1) is 31.3. The Morgan fingerprint density at radius 3 is 2.56 bits per heavy atom. The predicted molar refractivity (Wildman–Crippen MR) is 168 cm³/mol. The van der Waals surface area contributed by atoms with Crippen LogP contribution in [0.5, 0.6) is 0 Å². The number of aliphatic hydroxyl groups is 1. The number of carbonyl (C=O) groups excluding carboxylic acids is 1. The maximum atomic E-state index is 13.8. The molecule has 3 aromatic carbocycles. The van der Waals surface area contributed by atoms with E-state index in [1.54, 1.807) is 22.5 Å². The average Bonchev–Trinajstić information content (AvgIpc) is 2.92. The summed E-state index contributed by atoms with van der Waals surface area (Å²) in [6, 6.07) is 18.8. The first-order chi connectivity index (χ1) is 19.6. The van der Waals surface area contributed by atoms with Gasteiger partial charge in [-0.1, -0.05) is 46.3 Å². The van der Waals surface area contributed by atoms with Crippen LogP contribution in [0.4, 0.5) is 15.8 Å². The number of rotatable bonds is 12. The van der Waals surface area contributed by atoms with E-state index in [1.165, 1.54) is 12.1 Å². The Morgan fingerprint density at radius 2 is 1.85 bits per heavy atom. The summed E-state index contributed by atoms with van der Waals surface area (Å²) in [4.78, 5) is 13.6. The van der Waals surface area contributed by atoms with E-state index in [0.717, 1.165) is 24.0 Å². The van der Waals surface area contributed by atoms with Crippen molar-refractivity contribution in [1.82, 2.24) is 10.6 Å². The Hall–Kier alpha value is -2.67. The predicted octanol–water partition coefficient (Wildman–Crippen LogP) is 5.78. The normalized spacial score (nSPS) is 17.0. The summed E-state index contributed by atoms with van der Waals surface area (Å²) in [7, 11) is -2.97. The smallest absolute Gasteiger partial charge is 0.251 e. The molecule has 0 aliphatic carbocycles. The maximum absolute atomic E-state index is 13.8. The Labute approximate surface area is 251 Å². The third kappa shape index (κ3) is 8.91. The fraction of sp³-hybridized carbons (Fsp3) is 0.367. The quantitative estimate of drug-likeness (QED) is 0.147. The lowest BCUT2D eigenvalue weighted by Gasteiger charge is -2.47. The fourth-order valence-corrected chi connectivity index (χ4v) is 7.11. The van der Waals surface area contributed by atoms with Gasteiger partial charge < -0.3 is 21.1 Å². The van der Waals surface area contributed by atoms with Crippen LogP contribution in [-0.4, -0.2) is 57.7 Å². The van der Waals surface area contributed by atoms with Crippen molar-refractivity contribution >= 4 is 44.0 Å². The highest BCUT2D eigenvalue weighted by molar-refractivity contribution is 9.10. The molecule has 0 saturated carbocycles. The van der Waals surface area contributed by atoms with Crippen LogP contribution in [0.15, 0.2) is 71.2 Å². The van der Waals surface area contributed by atoms with Crippen molar-refractivity contribution in [1.29, 1.82) is 0 Å². The number of hydrogen-bond donors (Lipinski definition) is 6. The van der Waals surface area contributed by atoms with Crippen molar-refractivity contribution in [3.05, 3.63) is 93.7 Å². The minimum Gasteiger partial charge on any atom is -0.390 e. The highest BCUT2D eigenvalue weighted by atomic mass is 79.9. The van der Waals surface area contributed by atoms with Crippen molar-refractivity contribution in [3.63, 3.8) is 0 Å². The molecule has 0 radical (unpaired) electrons. The molecule has 2 unspecified atom stereocenters. The van der Waals surface area contributed by atoms with E-state index < -0.39 is 22.9 Å². The van der Waals surface area contributed by atoms with E-state index in [2.05, 4.69) is 31.9 Å². The zero-order valence-corrected chi connectivity index (χ0v) is 25.4. The molecule has 6 N–H and O–H groups in total. The lowest BCUT2D eigenvalue weighted by atomic mass is 10.00. The lowest BCUT2D eigenvalue weighted by molar-refractivity contribution is 0.0830. The lowest BCUT2D eigenvalue weighted by Crippen LogP contribution is -2.48. The van der Waals surface area contributed by atoms with Crippen LogP contribution in [0.1, 0.15) is 41.3 Å². The van der Waals surface area contributed by atoms with Crippen LogP contribution in [-0.2, 0) is 13.0 Å². The van der Waals surface area contributed by atoms with Gasteiger partial charge in [0.05, 0.1) is 23.6 Å². The summed E-state index contributed by atoms with van der Waals surface area (Å²) in [5.41, 5.74) is 3.29. The van der Waals surface area contributed by atoms with Gasteiger partial charge in [0, 0.05) is 41.9 Å². The van der Waals surface area contributed by atoms with Crippen LogP contribution in [0, 0.1) is 5.82 Å². The van der Waals surface area contributed by atoms with E-state index in [9.17, 15) is 23.4 Å². The third-order valence-electron chi connectivity index (χ3n) is 6.92. The standard InChI is InChI=1S/C30H38BrFN4O4S/c1-2-34-26-15-23(16-27(18-26)36-10-6-7-11-41(36,39)40)30(38)35-28(14-21-8-4-3-5-9-21)29(37)20-33-19-22-12-24(31)17-25(32)13-22/h3-5,8-9,12-13,15-18,28-29,33-34,37,39-40H,2,6-7,10-11,14,19-20H2,1H3,(H,35,38). The highest BCUT2D eigenvalue weighted by Crippen LogP contribution is 2.50. The van der Waals surface area contributed by atoms with Crippen LogP contribution in [0.2, 0.25) is 0 Å². The number of hydrogen-bond acceptors (Lipinski definition) is 7. The van der Waals surface area contributed by atoms with E-state index in [-0.39, 0.29) is 18.3 Å². The second-order valence-electron chi connectivity index (χ2n) is 10.2. The molecule has 1 fully saturated rings. The van der Waals surface area contributed by atoms with Crippen LogP contribution in [0.25, 0.3) is 0 Å². The molecule has 1 aliphatic rings. The topological polar surface area (TPSA) is 117 Å². The highest BCUT2D eigenvalue weighted by Gasteiger charge is 2.28. The van der Waals surface area contributed by atoms with E-state index in [1.807, 2.05) is 43.3 Å². The van der Waals surface area contributed by atoms with E-state index in [0.29, 0.717) is 53.2 Å². The van der Waals surface area contributed by atoms with Crippen LogP contribution >= 0.6 is 26.7 Å². The van der Waals surface area contributed by atoms with Gasteiger partial charge in [0.25, 0.3) is 5.91 Å². The van der Waals surface area contributed by atoms with Crippen LogP contribution < -0.4 is 20.3 Å². The Bertz CT molecular complexity index is 1300. The first-order valence-electron chi connectivity index (χ1n) is 13.8. The van der Waals surface area contributed by atoms with Gasteiger partial charge in [-0.3, -0.25) is 18.2 Å². The first-order valence-corrected chi connectivity index (χ1v) is 16.2. The van der Waals surface area contributed by atoms with E-state index in [4.69, 9.17) is 0 Å². The van der Waals surface area contributed by atoms with Gasteiger partial charge >= 0.3 is 0 Å². The third-order valence-corrected chi connectivity index (χ3v) is 9.31. The summed E-state index contributed by atoms with van der Waals surface area (Å²) in [5.74, 6) is -0.436. The molecule has 8 nitrogen and oxygen atoms in total. The molecular weight excluding hydrogens is 611 g/mol. The van der Waals surface area contributed by atoms with Crippen molar-refractivity contribution in [2.24, 2.45) is 0 Å². The molecule has 1 aliphatic heterocycles. The zero-order valence-electron chi connectivity index (χ0n) is 23.0. The second kappa shape index (κ2) is 14.5. The van der Waals surface area contributed by atoms with Gasteiger partial charge in [-0.05, 0) is 73.7 Å². The Kier molecular flexibility index (Phi) is 11.0. The number of nitrogens with zero attached hydrogens (tertiary/aromatic N) is 1. The second-order valence-corrected chi connectivity index (χ2v) is 13.2. The van der Waals surface area contributed by atoms with E-state index >= 15 is 0 Å². The number of halogens is 2. The summed E-state index contributed by atoms with van der Waals surface area (Å²) in [6.45, 7) is 3.58. The minimum atomic E-state index is -2.97. The van der Waals surface area contributed by atoms with Crippen LogP contribution in [0.3, 0.4) is 0 Å². The maximum Gasteiger partial charge on any atom is 0.251 e. The fourth-order valence-electron chi connectivity index (χ4n) is 4.92. The van der Waals surface area contributed by atoms with Crippen molar-refractivity contribution in [2.75, 3.05) is 35.0 Å². The molecule has 1 saturated heterocycles. The number of carbonyl (C=O) groups is 1. The number of amides is 1. The van der Waals surface area contributed by atoms with Gasteiger partial charge in [0.1, 0.15) is 5.82 Å². The molecule has 0 bridgehead atoms. The average molecular weight is 650 g/mol. The SMILES string of the molecule is CCNc1cc(C(=O)NC(Cc2ccccc2)C(O)CNCc2cc(F)cc(Br)c2)cc(N2CCCCS2(O)O)c1. The molecule has 1 heterocycles. The van der Waals surface area contributed by atoms with Gasteiger partial charge in [0.2, 0.25) is 0 Å². The number of nitrogens with one attached hydrogen (secondary N) is 3. The summed E-state index contributed by atoms with van der Waals surface area (Å²) in [6.07, 6.45) is 1.02. The molecule has 11 heteroatoms. The summed E-state index contributed by atoms with van der Waals surface area (Å²) in [5, 5.41) is 20.6. The number of benzene rings is 3. The summed E-state index contributed by atoms with van der Waals surface area (Å²) >= 11 is 3.30. The van der Waals surface area contributed by atoms with Gasteiger partial charge in [-0.25, -0.2) is 4.39 Å². The molecule has 0 aromatic heterocycles. The number of anilines is 2. The molecule has 41 heavy (non-hydrogen) atoms. The van der Waals surface area contributed by atoms with Crippen molar-refractivity contribution < 1.29 is 23.4 Å². The number of aliphatic hydroxyl groups excluding tert-OH is 1. The largest absolute Gasteiger partial charge is 0.390 e. The molecule has 222 valence electrons.